The van der Waals surface area contributed by atoms with Gasteiger partial charge in [-0.25, -0.2) is 0 Å². The minimum absolute atomic E-state index is 0.114. The van der Waals surface area contributed by atoms with Gasteiger partial charge in [-0.2, -0.15) is 0 Å². The Morgan fingerprint density at radius 2 is 1.07 bits per heavy atom. The van der Waals surface area contributed by atoms with Crippen LogP contribution >= 0.6 is 0 Å². The van der Waals surface area contributed by atoms with Crippen molar-refractivity contribution in [3.63, 3.8) is 0 Å². The molecule has 0 radical (unpaired) electrons. The summed E-state index contributed by atoms with van der Waals surface area (Å²) in [6.45, 7) is 14.8. The summed E-state index contributed by atoms with van der Waals surface area (Å²) in [6, 6.07) is 5.06. The van der Waals surface area contributed by atoms with E-state index in [0.717, 1.165) is 0 Å². The summed E-state index contributed by atoms with van der Waals surface area (Å²) in [5, 5.41) is 8.53. The number of rotatable bonds is 5. The molecule has 6 heteroatoms. The van der Waals surface area contributed by atoms with Crippen molar-refractivity contribution in [3.8, 4) is 0 Å². The van der Waals surface area contributed by atoms with Crippen molar-refractivity contribution in [2.24, 2.45) is 16.7 Å². The van der Waals surface area contributed by atoms with E-state index in [-0.39, 0.29) is 23.6 Å². The van der Waals surface area contributed by atoms with Crippen LogP contribution in [0.2, 0.25) is 0 Å². The Balaban J connectivity index is 3.16. The second kappa shape index (κ2) is 8.55. The monoisotopic (exact) mass is 375 g/mol. The van der Waals surface area contributed by atoms with Gasteiger partial charge in [0.05, 0.1) is 0 Å². The van der Waals surface area contributed by atoms with Crippen molar-refractivity contribution in [3.05, 3.63) is 18.2 Å². The molecule has 0 spiro atoms. The number of hydrogen-bond donors (Lipinski definition) is 3. The van der Waals surface area contributed by atoms with Crippen LogP contribution in [0.15, 0.2) is 18.2 Å². The first-order valence-electron chi connectivity index (χ1n) is 9.26. The van der Waals surface area contributed by atoms with Crippen molar-refractivity contribution in [2.45, 2.75) is 61.8 Å². The molecule has 0 atom stereocenters. The van der Waals surface area contributed by atoms with Gasteiger partial charge in [-0.15, -0.1) is 0 Å². The van der Waals surface area contributed by atoms with Gasteiger partial charge in [0.1, 0.15) is 0 Å². The van der Waals surface area contributed by atoms with E-state index in [1.807, 2.05) is 55.4 Å². The lowest BCUT2D eigenvalue weighted by molar-refractivity contribution is -0.123. The van der Waals surface area contributed by atoms with Gasteiger partial charge in [0.15, 0.2) is 0 Å². The predicted octanol–water partition coefficient (Wildman–Crippen LogP) is 4.64. The van der Waals surface area contributed by atoms with Gasteiger partial charge in [-0.3, -0.25) is 14.4 Å². The highest BCUT2D eigenvalue weighted by Gasteiger charge is 2.23. The van der Waals surface area contributed by atoms with Crippen LogP contribution in [-0.2, 0) is 14.4 Å². The molecule has 0 saturated heterocycles. The van der Waals surface area contributed by atoms with Crippen LogP contribution < -0.4 is 16.0 Å². The summed E-state index contributed by atoms with van der Waals surface area (Å²) in [6.07, 6.45) is 0.391. The second-order valence-electron chi connectivity index (χ2n) is 9.35. The Labute approximate surface area is 162 Å². The number of carbonyl (C=O) groups excluding carboxylic acids is 3. The maximum absolute atomic E-state index is 12.3. The van der Waals surface area contributed by atoms with E-state index in [2.05, 4.69) is 16.0 Å². The summed E-state index contributed by atoms with van der Waals surface area (Å²) in [4.78, 5) is 36.8. The molecule has 1 rings (SSSR count). The van der Waals surface area contributed by atoms with Crippen molar-refractivity contribution in [2.75, 3.05) is 16.0 Å². The molecule has 0 aliphatic rings. The molecular formula is C21H33N3O3. The fraction of sp³-hybridized carbons (Fsp3) is 0.571. The first-order valence-corrected chi connectivity index (χ1v) is 9.26. The lowest BCUT2D eigenvalue weighted by Crippen LogP contribution is -2.29. The molecule has 0 heterocycles. The first kappa shape index (κ1) is 22.7. The number of nitrogens with one attached hydrogen (secondary N) is 3. The fourth-order valence-corrected chi connectivity index (χ4v) is 2.06. The third-order valence-corrected chi connectivity index (χ3v) is 3.69. The van der Waals surface area contributed by atoms with Gasteiger partial charge in [0.25, 0.3) is 0 Å². The zero-order chi connectivity index (χ0) is 21.0. The lowest BCUT2D eigenvalue weighted by atomic mass is 9.95. The molecule has 1 aromatic rings. The van der Waals surface area contributed by atoms with Crippen molar-refractivity contribution in [1.29, 1.82) is 0 Å². The molecular weight excluding hydrogens is 342 g/mol. The van der Waals surface area contributed by atoms with E-state index >= 15 is 0 Å². The van der Waals surface area contributed by atoms with Gasteiger partial charge in [0, 0.05) is 34.3 Å². The minimum Gasteiger partial charge on any atom is -0.326 e. The quantitative estimate of drug-likeness (QED) is 0.700. The van der Waals surface area contributed by atoms with Crippen LogP contribution in [0.4, 0.5) is 17.1 Å². The number of hydrogen-bond acceptors (Lipinski definition) is 3. The smallest absolute Gasteiger partial charge is 0.229 e. The third kappa shape index (κ3) is 7.81. The van der Waals surface area contributed by atoms with Crippen LogP contribution in [0.25, 0.3) is 0 Å². The normalized spacial score (nSPS) is 11.9. The number of amides is 3. The van der Waals surface area contributed by atoms with Crippen LogP contribution in [0.1, 0.15) is 61.8 Å². The molecule has 0 aromatic heterocycles. The average molecular weight is 376 g/mol. The topological polar surface area (TPSA) is 87.3 Å². The van der Waals surface area contributed by atoms with Gasteiger partial charge in [0.2, 0.25) is 17.7 Å². The zero-order valence-electron chi connectivity index (χ0n) is 17.7. The molecule has 6 nitrogen and oxygen atoms in total. The molecule has 0 saturated carbocycles. The summed E-state index contributed by atoms with van der Waals surface area (Å²) in [5.41, 5.74) is 0.428. The van der Waals surface area contributed by atoms with E-state index in [0.29, 0.717) is 23.5 Å². The van der Waals surface area contributed by atoms with E-state index in [1.165, 1.54) is 0 Å². The summed E-state index contributed by atoms with van der Waals surface area (Å²) >= 11 is 0. The third-order valence-electron chi connectivity index (χ3n) is 3.69. The average Bonchev–Trinajstić information content (AvgIpc) is 2.43. The number of carbonyl (C=O) groups is 3. The Bertz CT molecular complexity index is 664. The van der Waals surface area contributed by atoms with Gasteiger partial charge < -0.3 is 16.0 Å². The molecule has 1 aromatic carbocycles. The number of benzene rings is 1. The molecule has 3 amide bonds. The van der Waals surface area contributed by atoms with E-state index in [9.17, 15) is 14.4 Å². The predicted molar refractivity (Wildman–Crippen MR) is 111 cm³/mol. The van der Waals surface area contributed by atoms with Crippen LogP contribution in [0.5, 0.6) is 0 Å². The molecule has 0 unspecified atom stereocenters. The van der Waals surface area contributed by atoms with Crippen molar-refractivity contribution in [1.82, 2.24) is 0 Å². The summed E-state index contributed by atoms with van der Waals surface area (Å²) in [7, 11) is 0. The number of anilines is 3. The maximum Gasteiger partial charge on any atom is 0.229 e. The van der Waals surface area contributed by atoms with Crippen LogP contribution in [-0.4, -0.2) is 17.7 Å². The lowest BCUT2D eigenvalue weighted by Gasteiger charge is -2.21. The van der Waals surface area contributed by atoms with Crippen molar-refractivity contribution >= 4 is 34.8 Å². The largest absolute Gasteiger partial charge is 0.326 e. The highest BCUT2D eigenvalue weighted by Crippen LogP contribution is 2.27. The Hall–Kier alpha value is -2.37. The first-order chi connectivity index (χ1) is 12.2. The van der Waals surface area contributed by atoms with E-state index < -0.39 is 10.8 Å². The van der Waals surface area contributed by atoms with Gasteiger partial charge >= 0.3 is 0 Å². The Kier molecular flexibility index (Phi) is 7.18. The van der Waals surface area contributed by atoms with Gasteiger partial charge in [-0.05, 0) is 24.1 Å². The van der Waals surface area contributed by atoms with Crippen LogP contribution in [0.3, 0.4) is 0 Å². The molecule has 0 fully saturated rings. The molecule has 3 N–H and O–H groups in total. The molecule has 0 bridgehead atoms. The standard InChI is InChI=1S/C21H33N3O3/c1-13(2)9-17(25)22-14-10-15(23-18(26)20(3,4)5)12-16(11-14)24-19(27)21(6,7)8/h10-13H,9H2,1-8H3,(H,22,25)(H,23,26)(H,24,27). The SMILES string of the molecule is CC(C)CC(=O)Nc1cc(NC(=O)C(C)(C)C)cc(NC(=O)C(C)(C)C)c1. The Morgan fingerprint density at radius 1 is 0.741 bits per heavy atom. The van der Waals surface area contributed by atoms with E-state index in [1.54, 1.807) is 18.2 Å². The minimum atomic E-state index is -0.564. The molecule has 0 aliphatic heterocycles. The maximum atomic E-state index is 12.3. The highest BCUT2D eigenvalue weighted by molar-refractivity contribution is 6.00. The molecule has 0 aliphatic carbocycles. The Morgan fingerprint density at radius 3 is 1.37 bits per heavy atom. The highest BCUT2D eigenvalue weighted by atomic mass is 16.2. The zero-order valence-corrected chi connectivity index (χ0v) is 17.7. The van der Waals surface area contributed by atoms with Crippen LogP contribution in [0, 0.1) is 16.7 Å². The second-order valence-corrected chi connectivity index (χ2v) is 9.35. The molecule has 150 valence electrons. The van der Waals surface area contributed by atoms with E-state index in [4.69, 9.17) is 0 Å². The van der Waals surface area contributed by atoms with Crippen molar-refractivity contribution < 1.29 is 14.4 Å². The fourth-order valence-electron chi connectivity index (χ4n) is 2.06. The van der Waals surface area contributed by atoms with Gasteiger partial charge in [-0.1, -0.05) is 55.4 Å². The summed E-state index contributed by atoms with van der Waals surface area (Å²) < 4.78 is 0. The summed E-state index contributed by atoms with van der Waals surface area (Å²) in [5.74, 6) is -0.186. The molecule has 27 heavy (non-hydrogen) atoms.